The number of hydrogen-bond donors (Lipinski definition) is 5. The van der Waals surface area contributed by atoms with Crippen LogP contribution in [0.3, 0.4) is 0 Å². The number of guanidine groups is 1. The first-order valence-electron chi connectivity index (χ1n) is 7.83. The fourth-order valence-electron chi connectivity index (χ4n) is 2.18. The number of carbonyl (C=O) groups excluding carboxylic acids is 1. The summed E-state index contributed by atoms with van der Waals surface area (Å²) in [5.74, 6) is -1.19. The zero-order chi connectivity index (χ0) is 18.1. The van der Waals surface area contributed by atoms with E-state index in [2.05, 4.69) is 9.97 Å². The minimum Gasteiger partial charge on any atom is -0.382 e. The summed E-state index contributed by atoms with van der Waals surface area (Å²) < 4.78 is 0. The number of rotatable bonds is 9. The van der Waals surface area contributed by atoms with Gasteiger partial charge in [0.25, 0.3) is 5.91 Å². The van der Waals surface area contributed by atoms with Gasteiger partial charge in [0.2, 0.25) is 0 Å². The van der Waals surface area contributed by atoms with Crippen molar-refractivity contribution in [2.24, 2.45) is 11.5 Å². The summed E-state index contributed by atoms with van der Waals surface area (Å²) in [4.78, 5) is 21.2. The molecule has 0 bridgehead atoms. The first-order valence-corrected chi connectivity index (χ1v) is 8.20. The number of anilines is 2. The maximum Gasteiger partial charge on any atom is 0.283 e. The average molecular weight is 357 g/mol. The van der Waals surface area contributed by atoms with Crippen molar-refractivity contribution in [2.45, 2.75) is 38.5 Å². The molecule has 0 aliphatic heterocycles. The maximum absolute atomic E-state index is 12.5. The van der Waals surface area contributed by atoms with Crippen molar-refractivity contribution < 1.29 is 4.79 Å². The van der Waals surface area contributed by atoms with Crippen LogP contribution in [0.15, 0.2) is 0 Å². The summed E-state index contributed by atoms with van der Waals surface area (Å²) in [7, 11) is 0. The summed E-state index contributed by atoms with van der Waals surface area (Å²) in [6.07, 6.45) is 5.89. The number of hydrogen-bond acceptors (Lipinski definition) is 7. The molecule has 0 saturated heterocycles. The number of nitrogens with two attached hydrogens (primary N) is 4. The molecule has 0 aliphatic rings. The molecule has 0 saturated carbocycles. The van der Waals surface area contributed by atoms with Crippen LogP contribution in [0.5, 0.6) is 0 Å². The first kappa shape index (κ1) is 19.9. The van der Waals surface area contributed by atoms with E-state index in [0.717, 1.165) is 37.0 Å². The molecule has 0 aromatic carbocycles. The molecule has 1 heterocycles. The molecule has 1 amide bonds. The minimum atomic E-state index is -0.613. The molecule has 0 atom stereocenters. The molecule has 0 fully saturated rings. The Balaban J connectivity index is 2.63. The first-order chi connectivity index (χ1) is 11.4. The predicted octanol–water partition coefficient (Wildman–Crippen LogP) is 0.929. The normalized spacial score (nSPS) is 10.6. The molecule has 9 N–H and O–H groups in total. The molecule has 1 rings (SSSR count). The standard InChI is InChI=1S/C14H25ClN8O/c15-10-12(18)22-11(17)9(21-10)13(24)23(14(19)20)8-6-4-2-1-3-5-7-16/h1-8,16H2,(H3,19,20)(H4,17,18,22). The molecular formula is C14H25ClN8O. The average Bonchev–Trinajstić information content (AvgIpc) is 2.52. The topological polar surface area (TPSA) is 174 Å². The molecule has 0 spiro atoms. The Bertz CT molecular complexity index is 580. The number of nitrogen functional groups attached to an aromatic ring is 2. The van der Waals surface area contributed by atoms with Gasteiger partial charge in [-0.1, -0.05) is 37.3 Å². The highest BCUT2D eigenvalue weighted by Gasteiger charge is 2.23. The molecule has 0 aliphatic carbocycles. The van der Waals surface area contributed by atoms with Crippen LogP contribution in [0.1, 0.15) is 49.0 Å². The second-order valence-electron chi connectivity index (χ2n) is 5.39. The van der Waals surface area contributed by atoms with Gasteiger partial charge in [-0.05, 0) is 19.4 Å². The van der Waals surface area contributed by atoms with Crippen LogP contribution in [0, 0.1) is 5.41 Å². The van der Waals surface area contributed by atoms with Crippen molar-refractivity contribution in [1.29, 1.82) is 5.41 Å². The van der Waals surface area contributed by atoms with Gasteiger partial charge in [-0.15, -0.1) is 0 Å². The third kappa shape index (κ3) is 5.82. The number of carbonyl (C=O) groups is 1. The second kappa shape index (κ2) is 9.89. The van der Waals surface area contributed by atoms with Crippen LogP contribution in [-0.2, 0) is 0 Å². The molecule has 10 heteroatoms. The van der Waals surface area contributed by atoms with Gasteiger partial charge in [0.05, 0.1) is 0 Å². The van der Waals surface area contributed by atoms with E-state index in [1.807, 2.05) is 0 Å². The SMILES string of the molecule is N=C(N)N(CCCCCCCCN)C(=O)c1nc(Cl)c(N)nc1N. The smallest absolute Gasteiger partial charge is 0.283 e. The Kier molecular flexibility index (Phi) is 8.20. The van der Waals surface area contributed by atoms with Crippen LogP contribution < -0.4 is 22.9 Å². The van der Waals surface area contributed by atoms with Gasteiger partial charge in [-0.25, -0.2) is 9.97 Å². The highest BCUT2D eigenvalue weighted by Crippen LogP contribution is 2.19. The van der Waals surface area contributed by atoms with Crippen LogP contribution >= 0.6 is 11.6 Å². The van der Waals surface area contributed by atoms with Gasteiger partial charge < -0.3 is 22.9 Å². The van der Waals surface area contributed by atoms with E-state index in [1.165, 1.54) is 0 Å². The number of nitrogens with one attached hydrogen (secondary N) is 1. The Morgan fingerprint density at radius 2 is 1.62 bits per heavy atom. The zero-order valence-electron chi connectivity index (χ0n) is 13.6. The largest absolute Gasteiger partial charge is 0.382 e. The summed E-state index contributed by atoms with van der Waals surface area (Å²) in [6.45, 7) is 1.01. The molecular weight excluding hydrogens is 332 g/mol. The third-order valence-corrected chi connectivity index (χ3v) is 3.76. The van der Waals surface area contributed by atoms with E-state index < -0.39 is 5.91 Å². The number of halogens is 1. The summed E-state index contributed by atoms with van der Waals surface area (Å²) in [5.41, 5.74) is 21.9. The highest BCUT2D eigenvalue weighted by molar-refractivity contribution is 6.31. The number of amides is 1. The van der Waals surface area contributed by atoms with E-state index >= 15 is 0 Å². The fraction of sp³-hybridized carbons (Fsp3) is 0.571. The van der Waals surface area contributed by atoms with Gasteiger partial charge in [0.15, 0.2) is 28.4 Å². The Hall–Kier alpha value is -2.13. The highest BCUT2D eigenvalue weighted by atomic mass is 35.5. The van der Waals surface area contributed by atoms with Gasteiger partial charge in [0.1, 0.15) is 0 Å². The van der Waals surface area contributed by atoms with Crippen LogP contribution in [0.4, 0.5) is 11.6 Å². The van der Waals surface area contributed by atoms with Crippen molar-refractivity contribution in [3.63, 3.8) is 0 Å². The molecule has 1 aromatic rings. The molecule has 134 valence electrons. The van der Waals surface area contributed by atoms with E-state index in [0.29, 0.717) is 19.5 Å². The maximum atomic E-state index is 12.5. The monoisotopic (exact) mass is 356 g/mol. The van der Waals surface area contributed by atoms with Crippen LogP contribution in [0.25, 0.3) is 0 Å². The second-order valence-corrected chi connectivity index (χ2v) is 5.74. The van der Waals surface area contributed by atoms with Gasteiger partial charge >= 0.3 is 0 Å². The Morgan fingerprint density at radius 3 is 2.21 bits per heavy atom. The lowest BCUT2D eigenvalue weighted by Gasteiger charge is -2.20. The lowest BCUT2D eigenvalue weighted by Crippen LogP contribution is -2.42. The van der Waals surface area contributed by atoms with Gasteiger partial charge in [-0.3, -0.25) is 15.1 Å². The van der Waals surface area contributed by atoms with Crippen molar-refractivity contribution in [3.8, 4) is 0 Å². The Labute approximate surface area is 146 Å². The van der Waals surface area contributed by atoms with Gasteiger partial charge in [0, 0.05) is 6.54 Å². The quantitative estimate of drug-likeness (QED) is 0.248. The van der Waals surface area contributed by atoms with Crippen LogP contribution in [0.2, 0.25) is 5.15 Å². The third-order valence-electron chi connectivity index (χ3n) is 3.48. The lowest BCUT2D eigenvalue weighted by atomic mass is 10.1. The molecule has 9 nitrogen and oxygen atoms in total. The van der Waals surface area contributed by atoms with Crippen LogP contribution in [-0.4, -0.2) is 39.8 Å². The summed E-state index contributed by atoms with van der Waals surface area (Å²) in [6, 6.07) is 0. The lowest BCUT2D eigenvalue weighted by molar-refractivity contribution is 0.0838. The van der Waals surface area contributed by atoms with E-state index in [9.17, 15) is 4.79 Å². The number of unbranched alkanes of at least 4 members (excludes halogenated alkanes) is 5. The fourth-order valence-corrected chi connectivity index (χ4v) is 2.31. The Morgan fingerprint density at radius 1 is 1.04 bits per heavy atom. The van der Waals surface area contributed by atoms with Crippen molar-refractivity contribution in [2.75, 3.05) is 24.6 Å². The van der Waals surface area contributed by atoms with Crippen molar-refractivity contribution in [1.82, 2.24) is 14.9 Å². The molecule has 24 heavy (non-hydrogen) atoms. The van der Waals surface area contributed by atoms with E-state index in [-0.39, 0.29) is 28.4 Å². The number of nitrogens with zero attached hydrogens (tertiary/aromatic N) is 3. The van der Waals surface area contributed by atoms with E-state index in [1.54, 1.807) is 0 Å². The number of aromatic nitrogens is 2. The summed E-state index contributed by atoms with van der Waals surface area (Å²) in [5, 5.41) is 7.48. The molecule has 1 aromatic heterocycles. The van der Waals surface area contributed by atoms with Crippen molar-refractivity contribution >= 4 is 35.1 Å². The minimum absolute atomic E-state index is 0.0578. The van der Waals surface area contributed by atoms with Gasteiger partial charge in [-0.2, -0.15) is 0 Å². The summed E-state index contributed by atoms with van der Waals surface area (Å²) >= 11 is 5.78. The zero-order valence-corrected chi connectivity index (χ0v) is 14.4. The molecule has 0 unspecified atom stereocenters. The predicted molar refractivity (Wildman–Crippen MR) is 95.6 cm³/mol. The van der Waals surface area contributed by atoms with Crippen molar-refractivity contribution in [3.05, 3.63) is 10.8 Å². The van der Waals surface area contributed by atoms with E-state index in [4.69, 9.17) is 39.9 Å². The molecule has 0 radical (unpaired) electrons.